The van der Waals surface area contributed by atoms with Crippen LogP contribution >= 0.6 is 0 Å². The molecule has 0 N–H and O–H groups in total. The third-order valence-electron chi connectivity index (χ3n) is 2.94. The molecule has 1 rings (SSSR count). The highest BCUT2D eigenvalue weighted by Gasteiger charge is 2.32. The van der Waals surface area contributed by atoms with Crippen molar-refractivity contribution >= 4 is 6.29 Å². The molecule has 0 aromatic rings. The van der Waals surface area contributed by atoms with Crippen LogP contribution in [0.3, 0.4) is 0 Å². The first-order valence-electron chi connectivity index (χ1n) is 4.68. The molecule has 1 aliphatic carbocycles. The summed E-state index contributed by atoms with van der Waals surface area (Å²) in [4.78, 5) is 10.4. The second-order valence-corrected chi connectivity index (χ2v) is 4.31. The average molecular weight is 172 g/mol. The van der Waals surface area contributed by atoms with Gasteiger partial charge in [0.25, 0.3) is 0 Å². The highest BCUT2D eigenvalue weighted by molar-refractivity contribution is 5.53. The Hall–Kier alpha value is -0.400. The fraction of sp³-hybridized carbons (Fsp3) is 0.900. The quantitative estimate of drug-likeness (QED) is 0.585. The van der Waals surface area contributed by atoms with E-state index in [1.807, 2.05) is 0 Å². The Bertz CT molecular complexity index is 152. The number of carbonyl (C=O) groups excluding carboxylic acids is 1. The normalized spacial score (nSPS) is 31.6. The summed E-state index contributed by atoms with van der Waals surface area (Å²) in [7, 11) is 0. The van der Waals surface area contributed by atoms with Gasteiger partial charge in [0, 0.05) is 5.92 Å². The minimum atomic E-state index is -1.06. The summed E-state index contributed by atoms with van der Waals surface area (Å²) in [5.74, 6) is 0.359. The lowest BCUT2D eigenvalue weighted by molar-refractivity contribution is -0.112. The highest BCUT2D eigenvalue weighted by atomic mass is 19.1. The minimum Gasteiger partial charge on any atom is -0.303 e. The van der Waals surface area contributed by atoms with Crippen LogP contribution in [0.4, 0.5) is 4.39 Å². The van der Waals surface area contributed by atoms with Crippen molar-refractivity contribution in [2.75, 3.05) is 0 Å². The molecule has 0 heterocycles. The van der Waals surface area contributed by atoms with Crippen LogP contribution in [0.15, 0.2) is 0 Å². The fourth-order valence-corrected chi connectivity index (χ4v) is 1.94. The molecule has 0 saturated heterocycles. The van der Waals surface area contributed by atoms with E-state index in [1.54, 1.807) is 13.8 Å². The standard InChI is InChI=1S/C10H17FO/c1-10(2,11)9-5-3-8(7-12)4-6-9/h7-9H,3-6H2,1-2H3/t8-,9-. The summed E-state index contributed by atoms with van der Waals surface area (Å²) in [5.41, 5.74) is -1.06. The maximum Gasteiger partial charge on any atom is 0.123 e. The molecule has 1 aliphatic rings. The lowest BCUT2D eigenvalue weighted by Crippen LogP contribution is -2.30. The zero-order valence-corrected chi connectivity index (χ0v) is 7.85. The van der Waals surface area contributed by atoms with Crippen molar-refractivity contribution in [3.05, 3.63) is 0 Å². The zero-order valence-electron chi connectivity index (χ0n) is 7.85. The number of carbonyl (C=O) groups is 1. The Labute approximate surface area is 73.3 Å². The number of halogens is 1. The third kappa shape index (κ3) is 2.29. The van der Waals surface area contributed by atoms with Gasteiger partial charge in [-0.3, -0.25) is 0 Å². The maximum absolute atomic E-state index is 13.4. The van der Waals surface area contributed by atoms with Crippen LogP contribution in [0.2, 0.25) is 0 Å². The van der Waals surface area contributed by atoms with Gasteiger partial charge in [0.05, 0.1) is 0 Å². The first-order valence-corrected chi connectivity index (χ1v) is 4.68. The molecule has 0 unspecified atom stereocenters. The van der Waals surface area contributed by atoms with E-state index in [0.29, 0.717) is 0 Å². The first-order chi connectivity index (χ1) is 5.54. The van der Waals surface area contributed by atoms with Gasteiger partial charge in [0.15, 0.2) is 0 Å². The number of hydrogen-bond acceptors (Lipinski definition) is 1. The molecule has 0 amide bonds. The summed E-state index contributed by atoms with van der Waals surface area (Å²) in [6.45, 7) is 3.28. The summed E-state index contributed by atoms with van der Waals surface area (Å²) < 4.78 is 13.4. The van der Waals surface area contributed by atoms with Crippen LogP contribution in [0.1, 0.15) is 39.5 Å². The molecule has 0 atom stereocenters. The first kappa shape index (κ1) is 9.69. The lowest BCUT2D eigenvalue weighted by Gasteiger charge is -2.32. The molecule has 1 fully saturated rings. The van der Waals surface area contributed by atoms with E-state index >= 15 is 0 Å². The number of hydrogen-bond donors (Lipinski definition) is 0. The van der Waals surface area contributed by atoms with Gasteiger partial charge in [-0.15, -0.1) is 0 Å². The second kappa shape index (κ2) is 3.55. The van der Waals surface area contributed by atoms with Crippen molar-refractivity contribution in [1.82, 2.24) is 0 Å². The molecule has 0 radical (unpaired) electrons. The molecule has 0 aromatic carbocycles. The van der Waals surface area contributed by atoms with Crippen molar-refractivity contribution in [3.63, 3.8) is 0 Å². The lowest BCUT2D eigenvalue weighted by atomic mass is 9.76. The molecule has 12 heavy (non-hydrogen) atoms. The van der Waals surface area contributed by atoms with Crippen molar-refractivity contribution in [2.45, 2.75) is 45.2 Å². The van der Waals surface area contributed by atoms with Gasteiger partial charge < -0.3 is 4.79 Å². The summed E-state index contributed by atoms with van der Waals surface area (Å²) >= 11 is 0. The Morgan fingerprint density at radius 1 is 1.25 bits per heavy atom. The van der Waals surface area contributed by atoms with Crippen molar-refractivity contribution in [1.29, 1.82) is 0 Å². The van der Waals surface area contributed by atoms with Gasteiger partial charge in [-0.05, 0) is 45.4 Å². The van der Waals surface area contributed by atoms with Crippen molar-refractivity contribution in [2.24, 2.45) is 11.8 Å². The predicted octanol–water partition coefficient (Wildman–Crippen LogP) is 2.74. The maximum atomic E-state index is 13.4. The Balaban J connectivity index is 2.41. The molecular formula is C10H17FO. The topological polar surface area (TPSA) is 17.1 Å². The summed E-state index contributed by atoms with van der Waals surface area (Å²) in [6, 6.07) is 0. The molecule has 0 spiro atoms. The minimum absolute atomic E-state index is 0.161. The van der Waals surface area contributed by atoms with E-state index in [0.717, 1.165) is 32.0 Å². The van der Waals surface area contributed by atoms with Crippen molar-refractivity contribution in [3.8, 4) is 0 Å². The van der Waals surface area contributed by atoms with Crippen LogP contribution in [0.5, 0.6) is 0 Å². The highest BCUT2D eigenvalue weighted by Crippen LogP contribution is 2.36. The number of alkyl halides is 1. The van der Waals surface area contributed by atoms with Crippen LogP contribution in [0.25, 0.3) is 0 Å². The molecule has 0 bridgehead atoms. The Morgan fingerprint density at radius 2 is 1.75 bits per heavy atom. The Morgan fingerprint density at radius 3 is 2.08 bits per heavy atom. The molecule has 1 nitrogen and oxygen atoms in total. The van der Waals surface area contributed by atoms with E-state index in [2.05, 4.69) is 0 Å². The number of aldehydes is 1. The smallest absolute Gasteiger partial charge is 0.123 e. The van der Waals surface area contributed by atoms with Crippen LogP contribution in [-0.2, 0) is 4.79 Å². The van der Waals surface area contributed by atoms with Gasteiger partial charge >= 0.3 is 0 Å². The monoisotopic (exact) mass is 172 g/mol. The molecule has 2 heteroatoms. The second-order valence-electron chi connectivity index (χ2n) is 4.31. The van der Waals surface area contributed by atoms with E-state index in [9.17, 15) is 9.18 Å². The number of rotatable bonds is 2. The van der Waals surface area contributed by atoms with Gasteiger partial charge in [-0.1, -0.05) is 0 Å². The molecule has 0 aliphatic heterocycles. The van der Waals surface area contributed by atoms with Gasteiger partial charge in [0.1, 0.15) is 12.0 Å². The molecular weight excluding hydrogens is 155 g/mol. The van der Waals surface area contributed by atoms with Gasteiger partial charge in [0.2, 0.25) is 0 Å². The van der Waals surface area contributed by atoms with Crippen molar-refractivity contribution < 1.29 is 9.18 Å². The van der Waals surface area contributed by atoms with E-state index in [1.165, 1.54) is 0 Å². The summed E-state index contributed by atoms with van der Waals surface area (Å²) in [6.07, 6.45) is 4.50. The van der Waals surface area contributed by atoms with E-state index in [4.69, 9.17) is 0 Å². The van der Waals surface area contributed by atoms with Gasteiger partial charge in [-0.2, -0.15) is 0 Å². The van der Waals surface area contributed by atoms with Crippen LogP contribution in [-0.4, -0.2) is 12.0 Å². The Kier molecular flexibility index (Phi) is 2.86. The van der Waals surface area contributed by atoms with Gasteiger partial charge in [-0.25, -0.2) is 4.39 Å². The average Bonchev–Trinajstić information content (AvgIpc) is 2.03. The SMILES string of the molecule is CC(C)(F)[C@H]1CC[C@H](C=O)CC1. The molecule has 1 saturated carbocycles. The predicted molar refractivity (Wildman–Crippen MR) is 46.7 cm³/mol. The molecule has 70 valence electrons. The summed E-state index contributed by atoms with van der Waals surface area (Å²) in [5, 5.41) is 0. The van der Waals surface area contributed by atoms with E-state index in [-0.39, 0.29) is 11.8 Å². The van der Waals surface area contributed by atoms with E-state index < -0.39 is 5.67 Å². The van der Waals surface area contributed by atoms with Crippen LogP contribution in [0, 0.1) is 11.8 Å². The zero-order chi connectivity index (χ0) is 9.19. The largest absolute Gasteiger partial charge is 0.303 e. The fourth-order valence-electron chi connectivity index (χ4n) is 1.94. The molecule has 0 aromatic heterocycles. The third-order valence-corrected chi connectivity index (χ3v) is 2.94. The van der Waals surface area contributed by atoms with Crippen LogP contribution < -0.4 is 0 Å².